The van der Waals surface area contributed by atoms with E-state index in [1.54, 1.807) is 24.3 Å². The molecular weight excluding hydrogens is 333 g/mol. The minimum absolute atomic E-state index is 0.0156. The van der Waals surface area contributed by atoms with Gasteiger partial charge in [-0.3, -0.25) is 4.79 Å². The molecule has 1 aromatic heterocycles. The van der Waals surface area contributed by atoms with Gasteiger partial charge in [0.2, 0.25) is 5.95 Å². The number of halogens is 3. The fourth-order valence-corrected chi connectivity index (χ4v) is 3.47. The van der Waals surface area contributed by atoms with E-state index in [1.807, 2.05) is 13.0 Å². The standard InChI is InChI=1S/C17H15F3N4O/c1-9-7-11-13(12(25)8-9)14(10-5-3-2-4-6-10)24-16(21-11)22-15(23-24)17(18,19)20/h2-6,9,14H,7-8H2,1H3,(H,21,22,23)/t9-,14-/m0/s1. The number of hydrogen-bond donors (Lipinski definition) is 1. The molecule has 8 heteroatoms. The normalized spacial score (nSPS) is 23.1. The van der Waals surface area contributed by atoms with Gasteiger partial charge >= 0.3 is 6.18 Å². The molecule has 0 unspecified atom stereocenters. The van der Waals surface area contributed by atoms with Gasteiger partial charge in [-0.05, 0) is 17.9 Å². The second-order valence-electron chi connectivity index (χ2n) is 6.47. The van der Waals surface area contributed by atoms with E-state index in [4.69, 9.17) is 0 Å². The average molecular weight is 348 g/mol. The fraction of sp³-hybridized carbons (Fsp3) is 0.353. The first-order valence-electron chi connectivity index (χ1n) is 7.96. The molecule has 0 fully saturated rings. The third-order valence-electron chi connectivity index (χ3n) is 4.49. The van der Waals surface area contributed by atoms with Gasteiger partial charge in [0.05, 0.1) is 0 Å². The van der Waals surface area contributed by atoms with Crippen LogP contribution < -0.4 is 5.32 Å². The molecule has 1 aromatic carbocycles. The molecule has 2 aromatic rings. The number of nitrogens with zero attached hydrogens (tertiary/aromatic N) is 3. The number of alkyl halides is 3. The molecule has 0 radical (unpaired) electrons. The summed E-state index contributed by atoms with van der Waals surface area (Å²) in [5, 5.41) is 6.56. The first-order chi connectivity index (χ1) is 11.8. The van der Waals surface area contributed by atoms with Crippen molar-refractivity contribution in [2.75, 3.05) is 5.32 Å². The molecule has 0 bridgehead atoms. The number of nitrogens with one attached hydrogen (secondary N) is 1. The summed E-state index contributed by atoms with van der Waals surface area (Å²) in [6.07, 6.45) is -3.68. The Morgan fingerprint density at radius 2 is 1.92 bits per heavy atom. The van der Waals surface area contributed by atoms with E-state index in [-0.39, 0.29) is 17.6 Å². The molecular formula is C17H15F3N4O. The molecule has 5 nitrogen and oxygen atoms in total. The highest BCUT2D eigenvalue weighted by molar-refractivity contribution is 5.99. The van der Waals surface area contributed by atoms with Crippen LogP contribution in [0.5, 0.6) is 0 Å². The predicted octanol–water partition coefficient (Wildman–Crippen LogP) is 3.56. The summed E-state index contributed by atoms with van der Waals surface area (Å²) in [5.74, 6) is -1.13. The molecule has 0 spiro atoms. The molecule has 1 N–H and O–H groups in total. The molecule has 0 amide bonds. The lowest BCUT2D eigenvalue weighted by Crippen LogP contribution is -2.33. The zero-order valence-corrected chi connectivity index (χ0v) is 13.3. The lowest BCUT2D eigenvalue weighted by atomic mass is 9.81. The molecule has 4 rings (SSSR count). The number of rotatable bonds is 1. The van der Waals surface area contributed by atoms with E-state index < -0.39 is 18.0 Å². The van der Waals surface area contributed by atoms with Crippen molar-refractivity contribution in [3.05, 3.63) is 53.0 Å². The molecule has 25 heavy (non-hydrogen) atoms. The number of ketones is 1. The highest BCUT2D eigenvalue weighted by Gasteiger charge is 2.42. The van der Waals surface area contributed by atoms with E-state index in [9.17, 15) is 18.0 Å². The maximum atomic E-state index is 13.1. The Balaban J connectivity index is 1.91. The number of benzene rings is 1. The number of carbonyl (C=O) groups is 1. The van der Waals surface area contributed by atoms with E-state index >= 15 is 0 Å². The summed E-state index contributed by atoms with van der Waals surface area (Å²) in [5.41, 5.74) is 1.83. The number of Topliss-reactive ketones (excluding diaryl/α,β-unsaturated/α-hetero) is 1. The molecule has 2 heterocycles. The largest absolute Gasteiger partial charge is 0.453 e. The Morgan fingerprint density at radius 3 is 2.60 bits per heavy atom. The Morgan fingerprint density at radius 1 is 1.20 bits per heavy atom. The van der Waals surface area contributed by atoms with Crippen molar-refractivity contribution in [2.24, 2.45) is 5.92 Å². The highest BCUT2D eigenvalue weighted by atomic mass is 19.4. The lowest BCUT2D eigenvalue weighted by Gasteiger charge is -2.34. The number of allylic oxidation sites excluding steroid dienone is 2. The molecule has 1 aliphatic carbocycles. The van der Waals surface area contributed by atoms with Gasteiger partial charge < -0.3 is 5.32 Å². The van der Waals surface area contributed by atoms with Crippen LogP contribution in [0.3, 0.4) is 0 Å². The zero-order valence-electron chi connectivity index (χ0n) is 13.3. The minimum Gasteiger partial charge on any atom is -0.328 e. The Labute approximate surface area is 141 Å². The van der Waals surface area contributed by atoms with Gasteiger partial charge in [0, 0.05) is 17.7 Å². The first kappa shape index (κ1) is 15.9. The van der Waals surface area contributed by atoms with Gasteiger partial charge in [0.1, 0.15) is 6.04 Å². The second-order valence-corrected chi connectivity index (χ2v) is 6.47. The first-order valence-corrected chi connectivity index (χ1v) is 7.96. The van der Waals surface area contributed by atoms with Crippen molar-refractivity contribution < 1.29 is 18.0 Å². The van der Waals surface area contributed by atoms with Crippen LogP contribution in [0.15, 0.2) is 41.6 Å². The van der Waals surface area contributed by atoms with Gasteiger partial charge in [-0.2, -0.15) is 18.2 Å². The molecule has 2 aliphatic rings. The highest BCUT2D eigenvalue weighted by Crippen LogP contribution is 2.42. The summed E-state index contributed by atoms with van der Waals surface area (Å²) >= 11 is 0. The van der Waals surface area contributed by atoms with Gasteiger partial charge in [-0.25, -0.2) is 4.68 Å². The summed E-state index contributed by atoms with van der Waals surface area (Å²) in [4.78, 5) is 16.3. The van der Waals surface area contributed by atoms with Crippen molar-refractivity contribution in [3.8, 4) is 0 Å². The summed E-state index contributed by atoms with van der Waals surface area (Å²) in [6, 6.07) is 8.25. The number of anilines is 1. The molecule has 0 saturated carbocycles. The summed E-state index contributed by atoms with van der Waals surface area (Å²) < 4.78 is 40.4. The number of hydrogen-bond acceptors (Lipinski definition) is 4. The van der Waals surface area contributed by atoms with Crippen LogP contribution in [0.2, 0.25) is 0 Å². The molecule has 1 aliphatic heterocycles. The van der Waals surface area contributed by atoms with E-state index in [0.29, 0.717) is 29.7 Å². The van der Waals surface area contributed by atoms with Crippen molar-refractivity contribution >= 4 is 11.7 Å². The zero-order chi connectivity index (χ0) is 17.8. The van der Waals surface area contributed by atoms with Crippen molar-refractivity contribution in [1.82, 2.24) is 14.8 Å². The van der Waals surface area contributed by atoms with Crippen LogP contribution in [0.4, 0.5) is 19.1 Å². The predicted molar refractivity (Wildman–Crippen MR) is 83.7 cm³/mol. The van der Waals surface area contributed by atoms with Crippen LogP contribution in [-0.2, 0) is 11.0 Å². The number of fused-ring (bicyclic) bond motifs is 1. The second kappa shape index (κ2) is 5.44. The monoisotopic (exact) mass is 348 g/mol. The Kier molecular flexibility index (Phi) is 3.45. The van der Waals surface area contributed by atoms with Crippen molar-refractivity contribution in [1.29, 1.82) is 0 Å². The van der Waals surface area contributed by atoms with Crippen molar-refractivity contribution in [3.63, 3.8) is 0 Å². The van der Waals surface area contributed by atoms with Gasteiger partial charge in [0.15, 0.2) is 5.78 Å². The van der Waals surface area contributed by atoms with Gasteiger partial charge in [0.25, 0.3) is 5.82 Å². The van der Waals surface area contributed by atoms with Crippen LogP contribution in [-0.4, -0.2) is 20.5 Å². The van der Waals surface area contributed by atoms with Crippen LogP contribution in [0.1, 0.15) is 37.2 Å². The smallest absolute Gasteiger partial charge is 0.328 e. The third-order valence-corrected chi connectivity index (χ3v) is 4.49. The molecule has 130 valence electrons. The Bertz CT molecular complexity index is 870. The van der Waals surface area contributed by atoms with Crippen LogP contribution in [0, 0.1) is 5.92 Å². The number of aromatic nitrogens is 3. The van der Waals surface area contributed by atoms with E-state index in [0.717, 1.165) is 0 Å². The Hall–Kier alpha value is -2.64. The average Bonchev–Trinajstić information content (AvgIpc) is 2.97. The van der Waals surface area contributed by atoms with Crippen LogP contribution in [0.25, 0.3) is 0 Å². The van der Waals surface area contributed by atoms with Gasteiger partial charge in [-0.15, -0.1) is 5.10 Å². The molecule has 2 atom stereocenters. The quantitative estimate of drug-likeness (QED) is 0.856. The maximum absolute atomic E-state index is 13.1. The molecule has 0 saturated heterocycles. The summed E-state index contributed by atoms with van der Waals surface area (Å²) in [6.45, 7) is 1.95. The van der Waals surface area contributed by atoms with Crippen LogP contribution >= 0.6 is 0 Å². The number of carbonyl (C=O) groups excluding carboxylic acids is 1. The van der Waals surface area contributed by atoms with E-state index in [1.165, 1.54) is 4.68 Å². The maximum Gasteiger partial charge on any atom is 0.453 e. The minimum atomic E-state index is -4.65. The lowest BCUT2D eigenvalue weighted by molar-refractivity contribution is -0.145. The summed E-state index contributed by atoms with van der Waals surface area (Å²) in [7, 11) is 0. The van der Waals surface area contributed by atoms with Crippen molar-refractivity contribution in [2.45, 2.75) is 32.0 Å². The van der Waals surface area contributed by atoms with E-state index in [2.05, 4.69) is 15.4 Å². The van der Waals surface area contributed by atoms with Gasteiger partial charge in [-0.1, -0.05) is 37.3 Å². The fourth-order valence-electron chi connectivity index (χ4n) is 3.47. The SMILES string of the molecule is C[C@@H]1CC(=O)C2=C(C1)Nc1nc(C(F)(F)F)nn1[C@H]2c1ccccc1. The third kappa shape index (κ3) is 2.61. The topological polar surface area (TPSA) is 59.8 Å².